The number of benzene rings is 1. The molecule has 0 saturated carbocycles. The van der Waals surface area contributed by atoms with Gasteiger partial charge in [0.15, 0.2) is 0 Å². The third kappa shape index (κ3) is 3.91. The minimum Gasteiger partial charge on any atom is -0.496 e. The Morgan fingerprint density at radius 1 is 1.24 bits per heavy atom. The van der Waals surface area contributed by atoms with E-state index in [4.69, 9.17) is 20.1 Å². The quantitative estimate of drug-likeness (QED) is 0.582. The first-order chi connectivity index (χ1) is 9.88. The first-order valence-electron chi connectivity index (χ1n) is 6.01. The second-order valence-electron chi connectivity index (χ2n) is 4.02. The summed E-state index contributed by atoms with van der Waals surface area (Å²) in [5, 5.41) is 26.9. The van der Waals surface area contributed by atoms with Gasteiger partial charge in [-0.3, -0.25) is 0 Å². The molecule has 8 nitrogen and oxygen atoms in total. The molecule has 0 unspecified atom stereocenters. The van der Waals surface area contributed by atoms with E-state index in [0.29, 0.717) is 0 Å². The van der Waals surface area contributed by atoms with E-state index in [0.717, 1.165) is 10.4 Å². The first kappa shape index (κ1) is 17.4. The van der Waals surface area contributed by atoms with Crippen molar-refractivity contribution in [2.45, 2.75) is 4.90 Å². The van der Waals surface area contributed by atoms with Gasteiger partial charge in [-0.05, 0) is 18.2 Å². The SMILES string of the molecule is COc1ccc(S(=O)(=O)N(CCO)CCO)cc1C(=O)O. The molecular formula is C12H17NO7S. The van der Waals surface area contributed by atoms with Crippen molar-refractivity contribution in [3.05, 3.63) is 23.8 Å². The number of carboxylic acids is 1. The van der Waals surface area contributed by atoms with Crippen molar-refractivity contribution >= 4 is 16.0 Å². The van der Waals surface area contributed by atoms with Crippen LogP contribution < -0.4 is 4.74 Å². The molecule has 0 spiro atoms. The number of hydrogen-bond donors (Lipinski definition) is 3. The summed E-state index contributed by atoms with van der Waals surface area (Å²) in [6, 6.07) is 3.44. The number of methoxy groups -OCH3 is 1. The molecule has 0 aliphatic carbocycles. The third-order valence-electron chi connectivity index (χ3n) is 2.74. The van der Waals surface area contributed by atoms with E-state index in [9.17, 15) is 13.2 Å². The molecule has 0 amide bonds. The number of aliphatic hydroxyl groups excluding tert-OH is 2. The van der Waals surface area contributed by atoms with Crippen molar-refractivity contribution in [3.8, 4) is 5.75 Å². The monoisotopic (exact) mass is 319 g/mol. The zero-order chi connectivity index (χ0) is 16.0. The standard InChI is InChI=1S/C12H17NO7S/c1-20-11-3-2-9(8-10(11)12(16)17)21(18,19)13(4-6-14)5-7-15/h2-3,8,14-15H,4-7H2,1H3,(H,16,17). The lowest BCUT2D eigenvalue weighted by atomic mass is 10.2. The summed E-state index contributed by atoms with van der Waals surface area (Å²) in [5.41, 5.74) is -0.286. The van der Waals surface area contributed by atoms with Gasteiger partial charge in [-0.2, -0.15) is 4.31 Å². The molecule has 1 aromatic rings. The van der Waals surface area contributed by atoms with Crippen molar-refractivity contribution in [2.24, 2.45) is 0 Å². The Bertz CT molecular complexity index is 594. The number of aliphatic hydroxyl groups is 2. The molecule has 21 heavy (non-hydrogen) atoms. The summed E-state index contributed by atoms with van der Waals surface area (Å²) in [7, 11) is -2.73. The van der Waals surface area contributed by atoms with E-state index in [1.54, 1.807) is 0 Å². The predicted molar refractivity (Wildman–Crippen MR) is 72.9 cm³/mol. The van der Waals surface area contributed by atoms with E-state index < -0.39 is 29.2 Å². The Balaban J connectivity index is 3.30. The van der Waals surface area contributed by atoms with Crippen LogP contribution in [0.1, 0.15) is 10.4 Å². The van der Waals surface area contributed by atoms with Crippen molar-refractivity contribution in [2.75, 3.05) is 33.4 Å². The predicted octanol–water partition coefficient (Wildman–Crippen LogP) is -0.631. The number of aromatic carboxylic acids is 1. The highest BCUT2D eigenvalue weighted by Gasteiger charge is 2.25. The molecule has 3 N–H and O–H groups in total. The van der Waals surface area contributed by atoms with Crippen molar-refractivity contribution < 1.29 is 33.3 Å². The molecule has 0 heterocycles. The van der Waals surface area contributed by atoms with Gasteiger partial charge in [-0.25, -0.2) is 13.2 Å². The van der Waals surface area contributed by atoms with Gasteiger partial charge in [0.05, 0.1) is 25.2 Å². The average molecular weight is 319 g/mol. The summed E-state index contributed by atoms with van der Waals surface area (Å²) >= 11 is 0. The molecule has 1 rings (SSSR count). The first-order valence-corrected chi connectivity index (χ1v) is 7.45. The van der Waals surface area contributed by atoms with Crippen LogP contribution in [0.4, 0.5) is 0 Å². The number of carboxylic acid groups (broad SMARTS) is 1. The van der Waals surface area contributed by atoms with Gasteiger partial charge < -0.3 is 20.1 Å². The second-order valence-corrected chi connectivity index (χ2v) is 5.96. The lowest BCUT2D eigenvalue weighted by Crippen LogP contribution is -2.36. The van der Waals surface area contributed by atoms with Crippen LogP contribution in [0.5, 0.6) is 5.75 Å². The van der Waals surface area contributed by atoms with Crippen LogP contribution in [0.25, 0.3) is 0 Å². The van der Waals surface area contributed by atoms with E-state index in [1.807, 2.05) is 0 Å². The topological polar surface area (TPSA) is 124 Å². The number of rotatable bonds is 8. The van der Waals surface area contributed by atoms with Crippen LogP contribution in [-0.4, -0.2) is 67.4 Å². The molecular weight excluding hydrogens is 302 g/mol. The number of sulfonamides is 1. The highest BCUT2D eigenvalue weighted by Crippen LogP contribution is 2.24. The van der Waals surface area contributed by atoms with Crippen molar-refractivity contribution in [1.82, 2.24) is 4.31 Å². The average Bonchev–Trinajstić information content (AvgIpc) is 2.46. The lowest BCUT2D eigenvalue weighted by molar-refractivity contribution is 0.0693. The van der Waals surface area contributed by atoms with Gasteiger partial charge >= 0.3 is 5.97 Å². The second kappa shape index (κ2) is 7.36. The van der Waals surface area contributed by atoms with Gasteiger partial charge in [0.1, 0.15) is 11.3 Å². The molecule has 118 valence electrons. The van der Waals surface area contributed by atoms with Gasteiger partial charge in [-0.15, -0.1) is 0 Å². The fourth-order valence-electron chi connectivity index (χ4n) is 1.74. The Hall–Kier alpha value is -1.68. The minimum atomic E-state index is -4.01. The number of carbonyl (C=O) groups is 1. The van der Waals surface area contributed by atoms with Crippen LogP contribution in [0.3, 0.4) is 0 Å². The highest BCUT2D eigenvalue weighted by molar-refractivity contribution is 7.89. The normalized spacial score (nSPS) is 11.6. The molecule has 0 radical (unpaired) electrons. The third-order valence-corrected chi connectivity index (χ3v) is 4.63. The van der Waals surface area contributed by atoms with Gasteiger partial charge in [-0.1, -0.05) is 0 Å². The number of hydrogen-bond acceptors (Lipinski definition) is 6. The maximum atomic E-state index is 12.4. The van der Waals surface area contributed by atoms with Gasteiger partial charge in [0, 0.05) is 13.1 Å². The summed E-state index contributed by atoms with van der Waals surface area (Å²) in [5.74, 6) is -1.28. The van der Waals surface area contributed by atoms with Crippen LogP contribution in [0, 0.1) is 0 Å². The summed E-state index contributed by atoms with van der Waals surface area (Å²) in [6.07, 6.45) is 0. The van der Waals surface area contributed by atoms with E-state index >= 15 is 0 Å². The molecule has 0 bridgehead atoms. The molecule has 0 aliphatic heterocycles. The Morgan fingerprint density at radius 2 is 1.81 bits per heavy atom. The zero-order valence-electron chi connectivity index (χ0n) is 11.4. The zero-order valence-corrected chi connectivity index (χ0v) is 12.2. The van der Waals surface area contributed by atoms with Crippen LogP contribution in [-0.2, 0) is 10.0 Å². The largest absolute Gasteiger partial charge is 0.496 e. The molecule has 0 fully saturated rings. The van der Waals surface area contributed by atoms with Crippen molar-refractivity contribution in [1.29, 1.82) is 0 Å². The lowest BCUT2D eigenvalue weighted by Gasteiger charge is -2.20. The van der Waals surface area contributed by atoms with E-state index in [1.165, 1.54) is 19.2 Å². The van der Waals surface area contributed by atoms with Crippen LogP contribution in [0.2, 0.25) is 0 Å². The van der Waals surface area contributed by atoms with Crippen molar-refractivity contribution in [3.63, 3.8) is 0 Å². The van der Waals surface area contributed by atoms with Crippen LogP contribution >= 0.6 is 0 Å². The fraction of sp³-hybridized carbons (Fsp3) is 0.417. The Labute approximate surface area is 122 Å². The molecule has 0 saturated heterocycles. The Morgan fingerprint density at radius 3 is 2.24 bits per heavy atom. The minimum absolute atomic E-state index is 0.0392. The van der Waals surface area contributed by atoms with E-state index in [2.05, 4.69) is 0 Å². The van der Waals surface area contributed by atoms with E-state index in [-0.39, 0.29) is 29.3 Å². The van der Waals surface area contributed by atoms with Gasteiger partial charge in [0.2, 0.25) is 10.0 Å². The molecule has 0 aliphatic rings. The molecule has 0 aromatic heterocycles. The molecule has 1 aromatic carbocycles. The van der Waals surface area contributed by atoms with Crippen LogP contribution in [0.15, 0.2) is 23.1 Å². The summed E-state index contributed by atoms with van der Waals surface area (Å²) in [4.78, 5) is 10.9. The number of ether oxygens (including phenoxy) is 1. The number of nitrogens with zero attached hydrogens (tertiary/aromatic N) is 1. The van der Waals surface area contributed by atoms with Gasteiger partial charge in [0.25, 0.3) is 0 Å². The molecule has 9 heteroatoms. The summed E-state index contributed by atoms with van der Waals surface area (Å²) in [6.45, 7) is -1.23. The maximum absolute atomic E-state index is 12.4. The Kier molecular flexibility index (Phi) is 6.09. The fourth-order valence-corrected chi connectivity index (χ4v) is 3.19. The smallest absolute Gasteiger partial charge is 0.339 e. The maximum Gasteiger partial charge on any atom is 0.339 e. The molecule has 0 atom stereocenters. The summed E-state index contributed by atoms with van der Waals surface area (Å²) < 4.78 is 30.4. The highest BCUT2D eigenvalue weighted by atomic mass is 32.2.